The van der Waals surface area contributed by atoms with E-state index >= 15 is 0 Å². The van der Waals surface area contributed by atoms with E-state index in [1.807, 2.05) is 0 Å². The van der Waals surface area contributed by atoms with Crippen LogP contribution in [0.2, 0.25) is 0 Å². The van der Waals surface area contributed by atoms with Gasteiger partial charge in [0.15, 0.2) is 0 Å². The van der Waals surface area contributed by atoms with Gasteiger partial charge in [0.1, 0.15) is 18.7 Å². The number of rotatable bonds is 13. The van der Waals surface area contributed by atoms with E-state index in [9.17, 15) is 38.4 Å². The number of hydroxylamine groups is 4. The van der Waals surface area contributed by atoms with Crippen LogP contribution in [0.3, 0.4) is 0 Å². The Labute approximate surface area is 213 Å². The van der Waals surface area contributed by atoms with Crippen LogP contribution in [-0.4, -0.2) is 94.8 Å². The second-order valence-electron chi connectivity index (χ2n) is 8.85. The number of esters is 1. The van der Waals surface area contributed by atoms with Gasteiger partial charge in [-0.1, -0.05) is 6.92 Å². The van der Waals surface area contributed by atoms with Crippen molar-refractivity contribution in [1.82, 2.24) is 20.3 Å². The Balaban J connectivity index is 2.79. The highest BCUT2D eigenvalue weighted by Crippen LogP contribution is 2.12. The highest BCUT2D eigenvalue weighted by Gasteiger charge is 2.34. The fourth-order valence-electron chi connectivity index (χ4n) is 2.85. The lowest BCUT2D eigenvalue weighted by molar-refractivity contribution is -0.201. The van der Waals surface area contributed by atoms with Gasteiger partial charge in [0, 0.05) is 32.2 Å². The normalized spacial score (nSPS) is 13.1. The van der Waals surface area contributed by atoms with Crippen molar-refractivity contribution in [2.24, 2.45) is 0 Å². The second kappa shape index (κ2) is 14.6. The molecule has 1 aliphatic rings. The maximum atomic E-state index is 12.7. The van der Waals surface area contributed by atoms with Crippen molar-refractivity contribution < 1.29 is 52.8 Å². The number of nitrogens with one attached hydrogen (secondary N) is 1. The molecule has 1 N–H and O–H groups in total. The first-order valence-electron chi connectivity index (χ1n) is 11.5. The molecule has 15 heteroatoms. The lowest BCUT2D eigenvalue weighted by Gasteiger charge is -2.23. The first-order chi connectivity index (χ1) is 17.3. The topological polar surface area (TPSA) is 186 Å². The third-order valence-electron chi connectivity index (χ3n) is 4.40. The number of hydrogen-bond donors (Lipinski definition) is 1. The minimum absolute atomic E-state index is 0.0124. The monoisotopic (exact) mass is 528 g/mol. The van der Waals surface area contributed by atoms with Crippen LogP contribution in [0.15, 0.2) is 0 Å². The molecule has 5 amide bonds. The molecule has 0 saturated carbocycles. The van der Waals surface area contributed by atoms with E-state index in [1.165, 1.54) is 0 Å². The first kappa shape index (κ1) is 31.2. The molecule has 1 aliphatic heterocycles. The van der Waals surface area contributed by atoms with Crippen molar-refractivity contribution in [3.05, 3.63) is 0 Å². The van der Waals surface area contributed by atoms with Crippen molar-refractivity contribution in [2.75, 3.05) is 26.2 Å². The van der Waals surface area contributed by atoms with Crippen molar-refractivity contribution >= 4 is 47.9 Å². The van der Waals surface area contributed by atoms with Crippen molar-refractivity contribution in [3.8, 4) is 0 Å². The minimum atomic E-state index is -1.22. The Hall–Kier alpha value is -3.88. The Morgan fingerprint density at radius 3 is 2.08 bits per heavy atom. The van der Waals surface area contributed by atoms with Gasteiger partial charge >= 0.3 is 17.9 Å². The molecule has 0 aromatic carbocycles. The summed E-state index contributed by atoms with van der Waals surface area (Å²) in [5.41, 5.74) is -0.696. The molecular formula is C22H32N4O11. The largest absolute Gasteiger partial charge is 0.459 e. The predicted molar refractivity (Wildman–Crippen MR) is 121 cm³/mol. The molecule has 0 aromatic heterocycles. The number of hydrogen-bond acceptors (Lipinski definition) is 12. The molecule has 1 saturated heterocycles. The Bertz CT molecular complexity index is 897. The number of carbonyl (C=O) groups excluding carboxylic acids is 8. The first-order valence-corrected chi connectivity index (χ1v) is 11.5. The molecule has 1 rings (SSSR count). The summed E-state index contributed by atoms with van der Waals surface area (Å²) in [6, 6.07) is 0. The summed E-state index contributed by atoms with van der Waals surface area (Å²) in [5.74, 6) is -6.01. The fourth-order valence-corrected chi connectivity index (χ4v) is 2.85. The van der Waals surface area contributed by atoms with Gasteiger partial charge in [-0.05, 0) is 27.2 Å². The second-order valence-corrected chi connectivity index (χ2v) is 8.85. The van der Waals surface area contributed by atoms with Crippen LogP contribution in [-0.2, 0) is 52.8 Å². The molecule has 0 atom stereocenters. The summed E-state index contributed by atoms with van der Waals surface area (Å²) in [6.45, 7) is 4.76. The van der Waals surface area contributed by atoms with Gasteiger partial charge in [0.2, 0.25) is 5.91 Å². The Kier molecular flexibility index (Phi) is 12.3. The molecule has 0 bridgehead atoms. The molecule has 0 aliphatic carbocycles. The van der Waals surface area contributed by atoms with E-state index in [2.05, 4.69) is 10.2 Å². The summed E-state index contributed by atoms with van der Waals surface area (Å²) in [7, 11) is 0. The summed E-state index contributed by atoms with van der Waals surface area (Å²) < 4.78 is 5.12. The van der Waals surface area contributed by atoms with Gasteiger partial charge in [-0.3, -0.25) is 28.8 Å². The lowest BCUT2D eigenvalue weighted by atomic mass is 10.2. The van der Waals surface area contributed by atoms with E-state index in [0.29, 0.717) is 11.3 Å². The zero-order chi connectivity index (χ0) is 28.2. The van der Waals surface area contributed by atoms with Crippen LogP contribution in [0.1, 0.15) is 59.8 Å². The molecule has 0 unspecified atom stereocenters. The average molecular weight is 529 g/mol. The zero-order valence-corrected chi connectivity index (χ0v) is 21.3. The maximum absolute atomic E-state index is 12.7. The molecule has 0 spiro atoms. The molecule has 0 aromatic rings. The quantitative estimate of drug-likeness (QED) is 0.101. The Morgan fingerprint density at radius 1 is 0.946 bits per heavy atom. The summed E-state index contributed by atoms with van der Waals surface area (Å²) >= 11 is 0. The van der Waals surface area contributed by atoms with Gasteiger partial charge in [0.25, 0.3) is 24.1 Å². The van der Waals surface area contributed by atoms with E-state index in [4.69, 9.17) is 9.57 Å². The van der Waals surface area contributed by atoms with Crippen LogP contribution in [0.4, 0.5) is 0 Å². The molecule has 1 fully saturated rings. The smallest absolute Gasteiger partial charge is 0.352 e. The van der Waals surface area contributed by atoms with Crippen molar-refractivity contribution in [1.29, 1.82) is 0 Å². The summed E-state index contributed by atoms with van der Waals surface area (Å²) in [4.78, 5) is 105. The van der Waals surface area contributed by atoms with Gasteiger partial charge in [-0.2, -0.15) is 0 Å². The van der Waals surface area contributed by atoms with Gasteiger partial charge in [0.05, 0.1) is 6.54 Å². The van der Waals surface area contributed by atoms with E-state index in [0.717, 1.165) is 0 Å². The third kappa shape index (κ3) is 11.6. The summed E-state index contributed by atoms with van der Waals surface area (Å²) in [6.07, 6.45) is -0.294. The molecule has 206 valence electrons. The zero-order valence-electron chi connectivity index (χ0n) is 21.3. The van der Waals surface area contributed by atoms with Crippen LogP contribution < -0.4 is 5.32 Å². The van der Waals surface area contributed by atoms with Gasteiger partial charge in [-0.25, -0.2) is 9.59 Å². The minimum Gasteiger partial charge on any atom is -0.459 e. The van der Waals surface area contributed by atoms with E-state index in [-0.39, 0.29) is 55.3 Å². The highest BCUT2D eigenvalue weighted by atomic mass is 16.7. The van der Waals surface area contributed by atoms with E-state index < -0.39 is 60.2 Å². The number of carbonyl (C=O) groups is 8. The molecule has 15 nitrogen and oxygen atoms in total. The van der Waals surface area contributed by atoms with Crippen LogP contribution in [0.25, 0.3) is 0 Å². The van der Waals surface area contributed by atoms with E-state index in [1.54, 1.807) is 27.7 Å². The molecule has 1 heterocycles. The lowest BCUT2D eigenvalue weighted by Crippen LogP contribution is -2.45. The fraction of sp³-hybridized carbons (Fsp3) is 0.636. The SMILES string of the molecule is CCCC(=O)N(C=O)OC(=O)CN(CC(=O)ON1C(=O)CCC1=O)C(=O)CCNCC(=O)OC(C)(C)C. The molecular weight excluding hydrogens is 496 g/mol. The number of amides is 5. The van der Waals surface area contributed by atoms with Gasteiger partial charge < -0.3 is 24.6 Å². The van der Waals surface area contributed by atoms with Gasteiger partial charge in [-0.15, -0.1) is 10.1 Å². The van der Waals surface area contributed by atoms with Crippen LogP contribution >= 0.6 is 0 Å². The number of imide groups is 2. The number of ether oxygens (including phenoxy) is 1. The number of nitrogens with zero attached hydrogens (tertiary/aromatic N) is 3. The van der Waals surface area contributed by atoms with Crippen molar-refractivity contribution in [2.45, 2.75) is 65.4 Å². The standard InChI is InChI=1S/C22H32N4O11/c1-5-6-16(29)25(14-27)36-20(33)12-24(13-21(34)37-26-17(30)7-8-18(26)31)15(28)9-10-23-11-19(32)35-22(2,3)4/h14,23H,5-13H2,1-4H3. The predicted octanol–water partition coefficient (Wildman–Crippen LogP) is -1.01. The average Bonchev–Trinajstić information content (AvgIpc) is 3.10. The maximum Gasteiger partial charge on any atom is 0.352 e. The van der Waals surface area contributed by atoms with Crippen LogP contribution in [0.5, 0.6) is 0 Å². The van der Waals surface area contributed by atoms with Crippen LogP contribution in [0, 0.1) is 0 Å². The van der Waals surface area contributed by atoms with Crippen molar-refractivity contribution in [3.63, 3.8) is 0 Å². The summed E-state index contributed by atoms with van der Waals surface area (Å²) in [5, 5.41) is 3.15. The third-order valence-corrected chi connectivity index (χ3v) is 4.40. The highest BCUT2D eigenvalue weighted by molar-refractivity contribution is 6.01. The molecule has 37 heavy (non-hydrogen) atoms. The molecule has 0 radical (unpaired) electrons. The Morgan fingerprint density at radius 2 is 1.54 bits per heavy atom.